The molecular formula is C27H28. The Morgan fingerprint density at radius 1 is 0.630 bits per heavy atom. The largest absolute Gasteiger partial charge is 0.0836 e. The second-order valence-electron chi connectivity index (χ2n) is 7.96. The van der Waals surface area contributed by atoms with E-state index < -0.39 is 0 Å². The molecule has 2 atom stereocenters. The maximum atomic E-state index is 2.48. The highest BCUT2D eigenvalue weighted by atomic mass is 14.4. The fourth-order valence-corrected chi connectivity index (χ4v) is 4.56. The van der Waals surface area contributed by atoms with E-state index >= 15 is 0 Å². The summed E-state index contributed by atoms with van der Waals surface area (Å²) >= 11 is 0. The molecule has 4 rings (SSSR count). The van der Waals surface area contributed by atoms with E-state index in [2.05, 4.69) is 111 Å². The molecule has 0 aliphatic heterocycles. The SMILES string of the molecule is CC1C=C(C(C2=CC(C)CC=C2)(c2ccccc2)c2ccccc2)C=CC1. The minimum Gasteiger partial charge on any atom is -0.0836 e. The lowest BCUT2D eigenvalue weighted by molar-refractivity contribution is 0.649. The van der Waals surface area contributed by atoms with Crippen LogP contribution in [0.2, 0.25) is 0 Å². The Balaban J connectivity index is 2.06. The van der Waals surface area contributed by atoms with E-state index in [1.165, 1.54) is 22.3 Å². The van der Waals surface area contributed by atoms with Crippen LogP contribution in [0.25, 0.3) is 0 Å². The van der Waals surface area contributed by atoms with Crippen LogP contribution in [0, 0.1) is 11.8 Å². The van der Waals surface area contributed by atoms with Gasteiger partial charge in [0.2, 0.25) is 0 Å². The Morgan fingerprint density at radius 3 is 1.41 bits per heavy atom. The molecule has 27 heavy (non-hydrogen) atoms. The monoisotopic (exact) mass is 352 g/mol. The lowest BCUT2D eigenvalue weighted by Crippen LogP contribution is -2.33. The van der Waals surface area contributed by atoms with Gasteiger partial charge in [-0.3, -0.25) is 0 Å². The third-order valence-electron chi connectivity index (χ3n) is 5.82. The Kier molecular flexibility index (Phi) is 4.99. The molecule has 2 aliphatic rings. The highest BCUT2D eigenvalue weighted by molar-refractivity contribution is 5.63. The third-order valence-corrected chi connectivity index (χ3v) is 5.82. The summed E-state index contributed by atoms with van der Waals surface area (Å²) in [5.41, 5.74) is 5.20. The summed E-state index contributed by atoms with van der Waals surface area (Å²) in [4.78, 5) is 0. The van der Waals surface area contributed by atoms with E-state index in [-0.39, 0.29) is 5.41 Å². The fourth-order valence-electron chi connectivity index (χ4n) is 4.56. The van der Waals surface area contributed by atoms with Crippen molar-refractivity contribution in [2.75, 3.05) is 0 Å². The molecule has 136 valence electrons. The summed E-state index contributed by atoms with van der Waals surface area (Å²) in [5.74, 6) is 1.12. The number of rotatable bonds is 4. The normalized spacial score (nSPS) is 22.3. The van der Waals surface area contributed by atoms with Gasteiger partial charge in [0.1, 0.15) is 0 Å². The summed E-state index contributed by atoms with van der Waals surface area (Å²) < 4.78 is 0. The summed E-state index contributed by atoms with van der Waals surface area (Å²) in [6, 6.07) is 22.0. The topological polar surface area (TPSA) is 0 Å². The maximum Gasteiger partial charge on any atom is 0.0695 e. The summed E-state index contributed by atoms with van der Waals surface area (Å²) in [6.07, 6.45) is 16.6. The number of allylic oxidation sites excluding steroid dienone is 8. The van der Waals surface area contributed by atoms with Gasteiger partial charge >= 0.3 is 0 Å². The lowest BCUT2D eigenvalue weighted by Gasteiger charge is -2.41. The van der Waals surface area contributed by atoms with Crippen molar-refractivity contribution in [2.24, 2.45) is 11.8 Å². The first-order valence-electron chi connectivity index (χ1n) is 10.1. The van der Waals surface area contributed by atoms with Crippen LogP contribution in [0.1, 0.15) is 37.8 Å². The molecule has 0 aromatic heterocycles. The molecule has 0 bridgehead atoms. The average Bonchev–Trinajstić information content (AvgIpc) is 2.71. The second kappa shape index (κ2) is 7.56. The van der Waals surface area contributed by atoms with Crippen LogP contribution in [-0.2, 0) is 5.41 Å². The Morgan fingerprint density at radius 2 is 1.04 bits per heavy atom. The van der Waals surface area contributed by atoms with Crippen molar-refractivity contribution in [1.29, 1.82) is 0 Å². The first kappa shape index (κ1) is 17.8. The molecule has 0 heteroatoms. The molecular weight excluding hydrogens is 324 g/mol. The molecule has 0 heterocycles. The number of hydrogen-bond acceptors (Lipinski definition) is 0. The van der Waals surface area contributed by atoms with Gasteiger partial charge < -0.3 is 0 Å². The molecule has 2 aliphatic carbocycles. The first-order chi connectivity index (χ1) is 13.2. The van der Waals surface area contributed by atoms with Gasteiger partial charge in [-0.1, -0.05) is 111 Å². The number of benzene rings is 2. The van der Waals surface area contributed by atoms with Crippen LogP contribution in [0.3, 0.4) is 0 Å². The zero-order chi connectivity index (χ0) is 18.7. The summed E-state index contributed by atoms with van der Waals surface area (Å²) in [5, 5.41) is 0. The van der Waals surface area contributed by atoms with Crippen molar-refractivity contribution in [3.8, 4) is 0 Å². The highest BCUT2D eigenvalue weighted by Gasteiger charge is 2.41. The van der Waals surface area contributed by atoms with E-state index in [0.29, 0.717) is 11.8 Å². The minimum atomic E-state index is -0.265. The van der Waals surface area contributed by atoms with Crippen LogP contribution in [0.15, 0.2) is 108 Å². The van der Waals surface area contributed by atoms with Crippen LogP contribution >= 0.6 is 0 Å². The van der Waals surface area contributed by atoms with Crippen molar-refractivity contribution in [2.45, 2.75) is 32.1 Å². The zero-order valence-electron chi connectivity index (χ0n) is 16.3. The van der Waals surface area contributed by atoms with E-state index in [4.69, 9.17) is 0 Å². The predicted molar refractivity (Wildman–Crippen MR) is 116 cm³/mol. The van der Waals surface area contributed by atoms with Gasteiger partial charge in [0.25, 0.3) is 0 Å². The van der Waals surface area contributed by atoms with Crippen molar-refractivity contribution in [3.63, 3.8) is 0 Å². The molecule has 2 aromatic carbocycles. The van der Waals surface area contributed by atoms with Gasteiger partial charge in [-0.25, -0.2) is 0 Å². The summed E-state index contributed by atoms with van der Waals surface area (Å²) in [7, 11) is 0. The molecule has 0 radical (unpaired) electrons. The zero-order valence-corrected chi connectivity index (χ0v) is 16.3. The van der Waals surface area contributed by atoms with Gasteiger partial charge in [-0.15, -0.1) is 0 Å². The fraction of sp³-hybridized carbons (Fsp3) is 0.259. The van der Waals surface area contributed by atoms with Crippen molar-refractivity contribution >= 4 is 0 Å². The average molecular weight is 353 g/mol. The highest BCUT2D eigenvalue weighted by Crippen LogP contribution is 2.49. The Hall–Kier alpha value is -2.60. The van der Waals surface area contributed by atoms with Gasteiger partial charge in [0.15, 0.2) is 0 Å². The first-order valence-corrected chi connectivity index (χ1v) is 10.1. The maximum absolute atomic E-state index is 2.48. The van der Waals surface area contributed by atoms with Crippen molar-refractivity contribution in [1.82, 2.24) is 0 Å². The summed E-state index contributed by atoms with van der Waals surface area (Å²) in [6.45, 7) is 4.63. The van der Waals surface area contributed by atoms with Gasteiger partial charge in [-0.05, 0) is 47.0 Å². The molecule has 0 saturated heterocycles. The van der Waals surface area contributed by atoms with Crippen LogP contribution in [-0.4, -0.2) is 0 Å². The minimum absolute atomic E-state index is 0.265. The van der Waals surface area contributed by atoms with Crippen molar-refractivity contribution < 1.29 is 0 Å². The van der Waals surface area contributed by atoms with Gasteiger partial charge in [0, 0.05) is 0 Å². The van der Waals surface area contributed by atoms with Crippen LogP contribution in [0.4, 0.5) is 0 Å². The van der Waals surface area contributed by atoms with E-state index in [9.17, 15) is 0 Å². The van der Waals surface area contributed by atoms with Gasteiger partial charge in [0.05, 0.1) is 5.41 Å². The molecule has 2 aromatic rings. The van der Waals surface area contributed by atoms with E-state index in [0.717, 1.165) is 12.8 Å². The van der Waals surface area contributed by atoms with Crippen LogP contribution < -0.4 is 0 Å². The standard InChI is InChI=1S/C27H28/c1-21-11-9-17-25(19-21)27(23-13-5-3-6-14-23,24-15-7-4-8-16-24)26-18-10-12-22(2)20-26/h3-10,13-22H,11-12H2,1-2H3. The molecule has 2 unspecified atom stereocenters. The molecule has 0 fully saturated rings. The molecule has 0 N–H and O–H groups in total. The molecule has 0 nitrogen and oxygen atoms in total. The Bertz CT molecular complexity index is 816. The second-order valence-corrected chi connectivity index (χ2v) is 7.96. The van der Waals surface area contributed by atoms with E-state index in [1.807, 2.05) is 0 Å². The quantitative estimate of drug-likeness (QED) is 0.555. The molecule has 0 spiro atoms. The molecule has 0 saturated carbocycles. The van der Waals surface area contributed by atoms with E-state index in [1.54, 1.807) is 0 Å². The van der Waals surface area contributed by atoms with Crippen molar-refractivity contribution in [3.05, 3.63) is 119 Å². The van der Waals surface area contributed by atoms with Gasteiger partial charge in [-0.2, -0.15) is 0 Å². The third kappa shape index (κ3) is 3.25. The predicted octanol–water partition coefficient (Wildman–Crippen LogP) is 7.02. The molecule has 0 amide bonds. The smallest absolute Gasteiger partial charge is 0.0695 e. The lowest BCUT2D eigenvalue weighted by atomic mass is 9.61. The van der Waals surface area contributed by atoms with Crippen LogP contribution in [0.5, 0.6) is 0 Å². The number of hydrogen-bond donors (Lipinski definition) is 0. The Labute approximate surface area is 163 Å².